The zero-order chi connectivity index (χ0) is 23.7. The third-order valence-corrected chi connectivity index (χ3v) is 7.58. The number of hydrogen-bond acceptors (Lipinski definition) is 5. The highest BCUT2D eigenvalue weighted by Crippen LogP contribution is 2.32. The van der Waals surface area contributed by atoms with Crippen LogP contribution in [0.25, 0.3) is 0 Å². The monoisotopic (exact) mass is 461 g/mol. The number of rotatable bonds is 5. The maximum absolute atomic E-state index is 13.7. The number of piperidine rings is 1. The van der Waals surface area contributed by atoms with E-state index in [1.165, 1.54) is 11.1 Å². The lowest BCUT2D eigenvalue weighted by atomic mass is 9.83. The van der Waals surface area contributed by atoms with Gasteiger partial charge in [0.2, 0.25) is 11.8 Å². The van der Waals surface area contributed by atoms with Crippen molar-refractivity contribution in [2.75, 3.05) is 50.8 Å². The summed E-state index contributed by atoms with van der Waals surface area (Å²) in [5.74, 6) is -0.181. The SMILES string of the molecule is CCN1CC(C(=O)N2CCN(Cc3ccc(C)cc3)CC2)C2NN(c3ccccc3)C(=O)C2C1. The largest absolute Gasteiger partial charge is 0.340 e. The highest BCUT2D eigenvalue weighted by Gasteiger charge is 2.51. The molecule has 7 heteroatoms. The van der Waals surface area contributed by atoms with Crippen molar-refractivity contribution in [2.24, 2.45) is 11.8 Å². The molecule has 3 aliphatic heterocycles. The Balaban J connectivity index is 1.25. The van der Waals surface area contributed by atoms with Crippen molar-refractivity contribution >= 4 is 17.5 Å². The van der Waals surface area contributed by atoms with E-state index in [0.29, 0.717) is 13.1 Å². The van der Waals surface area contributed by atoms with Gasteiger partial charge >= 0.3 is 0 Å². The number of hydrogen-bond donors (Lipinski definition) is 1. The number of benzene rings is 2. The first kappa shape index (κ1) is 23.0. The summed E-state index contributed by atoms with van der Waals surface area (Å²) in [7, 11) is 0. The summed E-state index contributed by atoms with van der Waals surface area (Å²) >= 11 is 0. The lowest BCUT2D eigenvalue weighted by Gasteiger charge is -2.42. The van der Waals surface area contributed by atoms with Gasteiger partial charge in [-0.05, 0) is 31.2 Å². The number of carbonyl (C=O) groups is 2. The Hall–Kier alpha value is -2.74. The zero-order valence-electron chi connectivity index (χ0n) is 20.2. The standard InChI is InChI=1S/C27H35N5O2/c1-3-29-18-23(25-24(19-29)27(34)32(28-25)22-7-5-4-6-8-22)26(33)31-15-13-30(14-16-31)17-21-11-9-20(2)10-12-21/h4-12,23-25,28H,3,13-19H2,1-2H3. The molecule has 3 heterocycles. The van der Waals surface area contributed by atoms with Crippen LogP contribution in [0.2, 0.25) is 0 Å². The number of hydrazine groups is 1. The van der Waals surface area contributed by atoms with Crippen LogP contribution in [0.15, 0.2) is 54.6 Å². The fourth-order valence-corrected chi connectivity index (χ4v) is 5.51. The number of carbonyl (C=O) groups excluding carboxylic acids is 2. The molecule has 3 fully saturated rings. The van der Waals surface area contributed by atoms with Crippen LogP contribution in [-0.4, -0.2) is 78.4 Å². The molecule has 0 saturated carbocycles. The molecule has 3 saturated heterocycles. The van der Waals surface area contributed by atoms with E-state index in [2.05, 4.69) is 53.3 Å². The molecule has 2 amide bonds. The Morgan fingerprint density at radius 2 is 1.65 bits per heavy atom. The third kappa shape index (κ3) is 4.60. The predicted octanol–water partition coefficient (Wildman–Crippen LogP) is 2.13. The van der Waals surface area contributed by atoms with Crippen molar-refractivity contribution in [3.05, 3.63) is 65.7 Å². The number of nitrogens with one attached hydrogen (secondary N) is 1. The number of anilines is 1. The summed E-state index contributed by atoms with van der Waals surface area (Å²) in [6, 6.07) is 18.2. The minimum Gasteiger partial charge on any atom is -0.340 e. The molecule has 0 aromatic heterocycles. The molecule has 0 radical (unpaired) electrons. The Morgan fingerprint density at radius 1 is 0.941 bits per heavy atom. The van der Waals surface area contributed by atoms with E-state index >= 15 is 0 Å². The van der Waals surface area contributed by atoms with E-state index in [1.807, 2.05) is 35.2 Å². The number of para-hydroxylation sites is 1. The normalized spacial score (nSPS) is 26.1. The van der Waals surface area contributed by atoms with Gasteiger partial charge < -0.3 is 9.80 Å². The Bertz CT molecular complexity index is 1000. The van der Waals surface area contributed by atoms with Gasteiger partial charge in [0.1, 0.15) is 0 Å². The summed E-state index contributed by atoms with van der Waals surface area (Å²) in [6.07, 6.45) is 0. The second kappa shape index (κ2) is 9.86. The van der Waals surface area contributed by atoms with E-state index in [1.54, 1.807) is 5.01 Å². The summed E-state index contributed by atoms with van der Waals surface area (Å²) in [4.78, 5) is 33.7. The predicted molar refractivity (Wildman–Crippen MR) is 133 cm³/mol. The Morgan fingerprint density at radius 3 is 2.32 bits per heavy atom. The van der Waals surface area contributed by atoms with Gasteiger partial charge in [0.25, 0.3) is 0 Å². The van der Waals surface area contributed by atoms with E-state index in [-0.39, 0.29) is 29.7 Å². The maximum Gasteiger partial charge on any atom is 0.247 e. The van der Waals surface area contributed by atoms with E-state index in [9.17, 15) is 9.59 Å². The van der Waals surface area contributed by atoms with Gasteiger partial charge in [-0.25, -0.2) is 10.4 Å². The van der Waals surface area contributed by atoms with E-state index in [4.69, 9.17) is 0 Å². The van der Waals surface area contributed by atoms with Crippen molar-refractivity contribution in [1.82, 2.24) is 20.1 Å². The Labute approximate surface area is 202 Å². The van der Waals surface area contributed by atoms with Crippen LogP contribution in [-0.2, 0) is 16.1 Å². The molecular weight excluding hydrogens is 426 g/mol. The van der Waals surface area contributed by atoms with Gasteiger partial charge in [-0.2, -0.15) is 0 Å². The highest BCUT2D eigenvalue weighted by atomic mass is 16.2. The van der Waals surface area contributed by atoms with Crippen LogP contribution in [0.1, 0.15) is 18.1 Å². The van der Waals surface area contributed by atoms with Gasteiger partial charge in [-0.15, -0.1) is 0 Å². The summed E-state index contributed by atoms with van der Waals surface area (Å²) < 4.78 is 0. The second-order valence-electron chi connectivity index (χ2n) is 9.82. The van der Waals surface area contributed by atoms with Crippen molar-refractivity contribution in [3.63, 3.8) is 0 Å². The quantitative estimate of drug-likeness (QED) is 0.739. The molecule has 0 spiro atoms. The number of amides is 2. The number of likely N-dealkylation sites (tertiary alicyclic amines) is 1. The van der Waals surface area contributed by atoms with Crippen LogP contribution in [0, 0.1) is 18.8 Å². The fraction of sp³-hybridized carbons (Fsp3) is 0.481. The van der Waals surface area contributed by atoms with Gasteiger partial charge in [0.05, 0.1) is 23.6 Å². The molecular formula is C27H35N5O2. The lowest BCUT2D eigenvalue weighted by molar-refractivity contribution is -0.141. The number of fused-ring (bicyclic) bond motifs is 1. The summed E-state index contributed by atoms with van der Waals surface area (Å²) in [5, 5.41) is 1.66. The van der Waals surface area contributed by atoms with Crippen molar-refractivity contribution in [1.29, 1.82) is 0 Å². The van der Waals surface area contributed by atoms with Crippen LogP contribution in [0.3, 0.4) is 0 Å². The average Bonchev–Trinajstić information content (AvgIpc) is 3.21. The molecule has 7 nitrogen and oxygen atoms in total. The summed E-state index contributed by atoms with van der Waals surface area (Å²) in [5.41, 5.74) is 6.84. The highest BCUT2D eigenvalue weighted by molar-refractivity contribution is 5.98. The smallest absolute Gasteiger partial charge is 0.247 e. The Kier molecular flexibility index (Phi) is 6.68. The summed E-state index contributed by atoms with van der Waals surface area (Å²) in [6.45, 7) is 10.6. The first-order chi connectivity index (χ1) is 16.5. The van der Waals surface area contributed by atoms with Gasteiger partial charge in [-0.3, -0.25) is 14.5 Å². The van der Waals surface area contributed by atoms with Crippen LogP contribution in [0.5, 0.6) is 0 Å². The maximum atomic E-state index is 13.7. The molecule has 34 heavy (non-hydrogen) atoms. The van der Waals surface area contributed by atoms with Crippen molar-refractivity contribution in [2.45, 2.75) is 26.4 Å². The first-order valence-corrected chi connectivity index (χ1v) is 12.5. The minimum absolute atomic E-state index is 0.0649. The van der Waals surface area contributed by atoms with Crippen LogP contribution in [0.4, 0.5) is 5.69 Å². The zero-order valence-corrected chi connectivity index (χ0v) is 20.2. The average molecular weight is 462 g/mol. The van der Waals surface area contributed by atoms with Crippen molar-refractivity contribution in [3.8, 4) is 0 Å². The molecule has 2 aromatic carbocycles. The molecule has 1 N–H and O–H groups in total. The van der Waals surface area contributed by atoms with E-state index < -0.39 is 0 Å². The third-order valence-electron chi connectivity index (χ3n) is 7.58. The molecule has 0 bridgehead atoms. The topological polar surface area (TPSA) is 59.1 Å². The number of aryl methyl sites for hydroxylation is 1. The fourth-order valence-electron chi connectivity index (χ4n) is 5.51. The first-order valence-electron chi connectivity index (χ1n) is 12.5. The van der Waals surface area contributed by atoms with Crippen LogP contribution < -0.4 is 10.4 Å². The minimum atomic E-state index is -0.222. The van der Waals surface area contributed by atoms with Crippen molar-refractivity contribution < 1.29 is 9.59 Å². The molecule has 3 unspecified atom stereocenters. The molecule has 0 aliphatic carbocycles. The molecule has 3 aliphatic rings. The number of piperazine rings is 1. The molecule has 180 valence electrons. The van der Waals surface area contributed by atoms with Gasteiger partial charge in [-0.1, -0.05) is 55.0 Å². The lowest BCUT2D eigenvalue weighted by Crippen LogP contribution is -2.59. The second-order valence-corrected chi connectivity index (χ2v) is 9.82. The van der Waals surface area contributed by atoms with E-state index in [0.717, 1.165) is 45.0 Å². The van der Waals surface area contributed by atoms with Crippen LogP contribution >= 0.6 is 0 Å². The molecule has 5 rings (SSSR count). The van der Waals surface area contributed by atoms with Gasteiger partial charge in [0, 0.05) is 45.8 Å². The molecule has 3 atom stereocenters. The molecule has 2 aromatic rings. The van der Waals surface area contributed by atoms with Gasteiger partial charge in [0.15, 0.2) is 0 Å². The number of nitrogens with zero attached hydrogens (tertiary/aromatic N) is 4.